The maximum atomic E-state index is 2.44. The molecule has 0 heteroatoms. The van der Waals surface area contributed by atoms with Gasteiger partial charge in [0.1, 0.15) is 0 Å². The van der Waals surface area contributed by atoms with Crippen molar-refractivity contribution >= 4 is 21.5 Å². The smallest absolute Gasteiger partial charge is 0.00133 e. The van der Waals surface area contributed by atoms with E-state index in [-0.39, 0.29) is 5.41 Å². The van der Waals surface area contributed by atoms with Crippen molar-refractivity contribution in [3.63, 3.8) is 0 Å². The molecule has 5 aromatic rings. The summed E-state index contributed by atoms with van der Waals surface area (Å²) in [6.07, 6.45) is 1.95. The van der Waals surface area contributed by atoms with Crippen molar-refractivity contribution in [2.24, 2.45) is 0 Å². The second-order valence-corrected chi connectivity index (χ2v) is 10.1. The fourth-order valence-electron chi connectivity index (χ4n) is 5.09. The Morgan fingerprint density at radius 3 is 1.88 bits per heavy atom. The molecule has 0 aliphatic heterocycles. The molecule has 5 rings (SSSR count). The summed E-state index contributed by atoms with van der Waals surface area (Å²) in [4.78, 5) is 0. The first-order chi connectivity index (χ1) is 16.0. The molecule has 164 valence electrons. The fraction of sp³-hybridized carbons (Fsp3) is 0.212. The van der Waals surface area contributed by atoms with Crippen LogP contribution in [0.3, 0.4) is 0 Å². The first-order valence-electron chi connectivity index (χ1n) is 12.1. The van der Waals surface area contributed by atoms with Gasteiger partial charge in [-0.15, -0.1) is 0 Å². The van der Waals surface area contributed by atoms with Crippen LogP contribution in [0.5, 0.6) is 0 Å². The zero-order valence-electron chi connectivity index (χ0n) is 20.2. The van der Waals surface area contributed by atoms with Gasteiger partial charge in [0.25, 0.3) is 0 Å². The van der Waals surface area contributed by atoms with Gasteiger partial charge >= 0.3 is 0 Å². The predicted octanol–water partition coefficient (Wildman–Crippen LogP) is 9.11. The lowest BCUT2D eigenvalue weighted by Gasteiger charge is -2.28. The van der Waals surface area contributed by atoms with Gasteiger partial charge in [-0.3, -0.25) is 0 Å². The Balaban J connectivity index is 1.94. The normalized spacial score (nSPS) is 11.9. The van der Waals surface area contributed by atoms with Gasteiger partial charge in [-0.05, 0) is 79.2 Å². The zero-order valence-corrected chi connectivity index (χ0v) is 20.2. The van der Waals surface area contributed by atoms with E-state index < -0.39 is 0 Å². The van der Waals surface area contributed by atoms with Gasteiger partial charge in [0.05, 0.1) is 0 Å². The molecule has 0 radical (unpaired) electrons. The van der Waals surface area contributed by atoms with Crippen molar-refractivity contribution in [1.29, 1.82) is 0 Å². The van der Waals surface area contributed by atoms with E-state index in [0.29, 0.717) is 0 Å². The third-order valence-electron chi connectivity index (χ3n) is 6.79. The van der Waals surface area contributed by atoms with Crippen molar-refractivity contribution in [1.82, 2.24) is 0 Å². The Hall–Kier alpha value is -3.38. The van der Waals surface area contributed by atoms with Crippen molar-refractivity contribution in [2.45, 2.75) is 46.0 Å². The van der Waals surface area contributed by atoms with Crippen molar-refractivity contribution < 1.29 is 0 Å². The third-order valence-corrected chi connectivity index (χ3v) is 6.79. The van der Waals surface area contributed by atoms with Crippen LogP contribution in [0.15, 0.2) is 97.1 Å². The van der Waals surface area contributed by atoms with E-state index >= 15 is 0 Å². The largest absolute Gasteiger partial charge is 0.0622 e. The number of hydrogen-bond donors (Lipinski definition) is 0. The molecule has 0 heterocycles. The number of benzene rings is 5. The second kappa shape index (κ2) is 8.52. The summed E-state index contributed by atoms with van der Waals surface area (Å²) in [6.45, 7) is 9.29. The van der Waals surface area contributed by atoms with Gasteiger partial charge in [0.15, 0.2) is 0 Å². The Morgan fingerprint density at radius 1 is 0.606 bits per heavy atom. The number of aryl methyl sites for hydroxylation is 1. The van der Waals surface area contributed by atoms with Gasteiger partial charge < -0.3 is 0 Å². The molecule has 0 aliphatic carbocycles. The van der Waals surface area contributed by atoms with Crippen molar-refractivity contribution in [3.05, 3.63) is 119 Å². The van der Waals surface area contributed by atoms with Crippen LogP contribution in [0.2, 0.25) is 0 Å². The first-order valence-corrected chi connectivity index (χ1v) is 12.1. The minimum absolute atomic E-state index is 0.0220. The van der Waals surface area contributed by atoms with E-state index in [9.17, 15) is 0 Å². The lowest BCUT2D eigenvalue weighted by Crippen LogP contribution is -2.15. The van der Waals surface area contributed by atoms with Gasteiger partial charge in [-0.2, -0.15) is 0 Å². The molecule has 33 heavy (non-hydrogen) atoms. The molecule has 0 atom stereocenters. The van der Waals surface area contributed by atoms with E-state index in [4.69, 9.17) is 0 Å². The Morgan fingerprint density at radius 2 is 1.21 bits per heavy atom. The molecule has 0 spiro atoms. The zero-order chi connectivity index (χ0) is 23.0. The number of rotatable bonds is 4. The molecule has 0 nitrogen and oxygen atoms in total. The van der Waals surface area contributed by atoms with Gasteiger partial charge in [0.2, 0.25) is 0 Å². The quantitative estimate of drug-likeness (QED) is 0.268. The van der Waals surface area contributed by atoms with Gasteiger partial charge in [-0.1, -0.05) is 119 Å². The molecule has 0 N–H and O–H groups in total. The molecule has 0 fully saturated rings. The van der Waals surface area contributed by atoms with Crippen LogP contribution in [-0.4, -0.2) is 0 Å². The van der Waals surface area contributed by atoms with Crippen LogP contribution in [-0.2, 0) is 18.3 Å². The average Bonchev–Trinajstić information content (AvgIpc) is 2.83. The monoisotopic (exact) mass is 428 g/mol. The highest BCUT2D eigenvalue weighted by atomic mass is 14.3. The van der Waals surface area contributed by atoms with Crippen LogP contribution in [0.4, 0.5) is 0 Å². The molecule has 0 aromatic heterocycles. The Labute approximate surface area is 197 Å². The Bertz CT molecular complexity index is 1430. The van der Waals surface area contributed by atoms with Crippen LogP contribution in [0.1, 0.15) is 49.9 Å². The maximum Gasteiger partial charge on any atom is -0.00133 e. The van der Waals surface area contributed by atoms with Crippen LogP contribution >= 0.6 is 0 Å². The summed E-state index contributed by atoms with van der Waals surface area (Å²) in [7, 11) is 0. The SMILES string of the molecule is CCc1cc(-c2c(C(C)(C)C)cc3ccccc3c2Cc2ccccc2)c2ccccc2c1. The first kappa shape index (κ1) is 21.5. The molecule has 0 amide bonds. The van der Waals surface area contributed by atoms with Gasteiger partial charge in [0, 0.05) is 0 Å². The van der Waals surface area contributed by atoms with Gasteiger partial charge in [-0.25, -0.2) is 0 Å². The summed E-state index contributed by atoms with van der Waals surface area (Å²) in [5, 5.41) is 5.35. The highest BCUT2D eigenvalue weighted by Gasteiger charge is 2.25. The van der Waals surface area contributed by atoms with E-state index in [1.165, 1.54) is 54.9 Å². The van der Waals surface area contributed by atoms with E-state index in [1.807, 2.05) is 0 Å². The average molecular weight is 429 g/mol. The summed E-state index contributed by atoms with van der Waals surface area (Å²) in [6, 6.07) is 35.9. The molecule has 0 saturated carbocycles. The fourth-order valence-corrected chi connectivity index (χ4v) is 5.09. The minimum Gasteiger partial charge on any atom is -0.0622 e. The highest BCUT2D eigenvalue weighted by Crippen LogP contribution is 2.43. The molecule has 0 aliphatic rings. The second-order valence-electron chi connectivity index (χ2n) is 10.1. The van der Waals surface area contributed by atoms with Crippen LogP contribution in [0, 0.1) is 0 Å². The summed E-state index contributed by atoms with van der Waals surface area (Å²) in [5.74, 6) is 0. The van der Waals surface area contributed by atoms with Crippen LogP contribution in [0.25, 0.3) is 32.7 Å². The lowest BCUT2D eigenvalue weighted by atomic mass is 9.76. The topological polar surface area (TPSA) is 0 Å². The number of hydrogen-bond acceptors (Lipinski definition) is 0. The standard InChI is InChI=1S/C33H32/c1-5-23-19-25-15-9-11-17-27(25)29(20-23)32-30(21-24-13-7-6-8-14-24)28-18-12-10-16-26(28)22-31(32)33(2,3)4/h6-20,22H,5,21H2,1-4H3. The van der Waals surface area contributed by atoms with E-state index in [0.717, 1.165) is 12.8 Å². The molecule has 0 saturated heterocycles. The van der Waals surface area contributed by atoms with Crippen molar-refractivity contribution in [3.8, 4) is 11.1 Å². The molecular formula is C33H32. The molecule has 0 bridgehead atoms. The van der Waals surface area contributed by atoms with Crippen molar-refractivity contribution in [2.75, 3.05) is 0 Å². The number of fused-ring (bicyclic) bond motifs is 2. The van der Waals surface area contributed by atoms with Crippen LogP contribution < -0.4 is 0 Å². The minimum atomic E-state index is 0.0220. The summed E-state index contributed by atoms with van der Waals surface area (Å²) >= 11 is 0. The summed E-state index contributed by atoms with van der Waals surface area (Å²) < 4.78 is 0. The summed E-state index contributed by atoms with van der Waals surface area (Å²) in [5.41, 5.74) is 8.40. The lowest BCUT2D eigenvalue weighted by molar-refractivity contribution is 0.592. The van der Waals surface area contributed by atoms with E-state index in [1.54, 1.807) is 0 Å². The highest BCUT2D eigenvalue weighted by molar-refractivity contribution is 6.03. The third kappa shape index (κ3) is 4.07. The Kier molecular flexibility index (Phi) is 5.54. The maximum absolute atomic E-state index is 2.44. The van der Waals surface area contributed by atoms with E-state index in [2.05, 4.69) is 125 Å². The molecule has 0 unspecified atom stereocenters. The molecule has 5 aromatic carbocycles. The predicted molar refractivity (Wildman–Crippen MR) is 144 cm³/mol. The molecular weight excluding hydrogens is 396 g/mol.